The highest BCUT2D eigenvalue weighted by Gasteiger charge is 2.83. The van der Waals surface area contributed by atoms with Crippen molar-refractivity contribution in [3.05, 3.63) is 35.9 Å². The number of hydrogen-bond acceptors (Lipinski definition) is 4. The number of rotatable bonds is 4. The second-order valence-corrected chi connectivity index (χ2v) is 7.80. The zero-order valence-corrected chi connectivity index (χ0v) is 13.6. The third-order valence-corrected chi connectivity index (χ3v) is 6.01. The maximum atomic E-state index is 14.2. The van der Waals surface area contributed by atoms with Gasteiger partial charge in [0.25, 0.3) is 16.1 Å². The largest absolute Gasteiger partial charge is 0.460 e. The van der Waals surface area contributed by atoms with E-state index in [1.165, 1.54) is 0 Å². The van der Waals surface area contributed by atoms with Gasteiger partial charge in [-0.1, -0.05) is 30.3 Å². The van der Waals surface area contributed by atoms with Gasteiger partial charge >= 0.3 is 5.97 Å². The van der Waals surface area contributed by atoms with Crippen LogP contribution in [0.4, 0.5) is 8.78 Å². The first-order chi connectivity index (χ1) is 11.2. The molecule has 1 atom stereocenters. The number of ether oxygens (including phenoxy) is 1. The van der Waals surface area contributed by atoms with Gasteiger partial charge in [-0.15, -0.1) is 0 Å². The number of carbonyl (C=O) groups is 1. The van der Waals surface area contributed by atoms with Gasteiger partial charge in [-0.25, -0.2) is 13.9 Å². The molecule has 1 spiro atoms. The normalized spacial score (nSPS) is 25.4. The maximum absolute atomic E-state index is 14.2. The van der Waals surface area contributed by atoms with E-state index in [-0.39, 0.29) is 32.5 Å². The molecule has 0 aromatic heterocycles. The zero-order chi connectivity index (χ0) is 17.6. The Hall–Kier alpha value is -1.58. The van der Waals surface area contributed by atoms with E-state index in [0.29, 0.717) is 5.56 Å². The van der Waals surface area contributed by atoms with Crippen molar-refractivity contribution >= 4 is 16.2 Å². The van der Waals surface area contributed by atoms with E-state index in [1.54, 1.807) is 30.3 Å². The highest BCUT2D eigenvalue weighted by atomic mass is 32.2. The molecular formula is C15H18F2N2O4S. The van der Waals surface area contributed by atoms with Crippen LogP contribution in [0, 0.1) is 11.3 Å². The van der Waals surface area contributed by atoms with Gasteiger partial charge in [0, 0.05) is 13.1 Å². The van der Waals surface area contributed by atoms with Crippen LogP contribution in [-0.2, 0) is 26.3 Å². The molecule has 2 N–H and O–H groups in total. The molecule has 0 radical (unpaired) electrons. The van der Waals surface area contributed by atoms with Crippen molar-refractivity contribution in [2.75, 3.05) is 13.1 Å². The molecule has 1 aromatic carbocycles. The quantitative estimate of drug-likeness (QED) is 0.819. The lowest BCUT2D eigenvalue weighted by Crippen LogP contribution is -2.44. The van der Waals surface area contributed by atoms with E-state index in [9.17, 15) is 22.0 Å². The van der Waals surface area contributed by atoms with Gasteiger partial charge in [-0.3, -0.25) is 4.79 Å². The van der Waals surface area contributed by atoms with Crippen LogP contribution in [0.5, 0.6) is 0 Å². The summed E-state index contributed by atoms with van der Waals surface area (Å²) in [5.74, 6) is -5.63. The van der Waals surface area contributed by atoms with Gasteiger partial charge in [-0.2, -0.15) is 12.7 Å². The second kappa shape index (κ2) is 5.75. The fourth-order valence-electron chi connectivity index (χ4n) is 3.46. The molecular weight excluding hydrogens is 342 g/mol. The van der Waals surface area contributed by atoms with Crippen molar-refractivity contribution in [1.29, 1.82) is 0 Å². The lowest BCUT2D eigenvalue weighted by molar-refractivity contribution is -0.149. The minimum Gasteiger partial charge on any atom is -0.460 e. The summed E-state index contributed by atoms with van der Waals surface area (Å²) in [7, 11) is -3.90. The molecule has 2 aliphatic rings. The Bertz CT molecular complexity index is 731. The highest BCUT2D eigenvalue weighted by molar-refractivity contribution is 7.86. The first-order valence-electron chi connectivity index (χ1n) is 7.55. The van der Waals surface area contributed by atoms with Crippen LogP contribution in [0.15, 0.2) is 30.3 Å². The molecule has 1 saturated heterocycles. The van der Waals surface area contributed by atoms with E-state index in [0.717, 1.165) is 4.31 Å². The lowest BCUT2D eigenvalue weighted by Gasteiger charge is -2.30. The Balaban J connectivity index is 1.64. The smallest absolute Gasteiger partial charge is 0.316 e. The van der Waals surface area contributed by atoms with E-state index in [1.807, 2.05) is 0 Å². The standard InChI is InChI=1S/C15H18F2N2O4S/c16-15(17)12(13(20)23-10-11-4-2-1-3-5-11)14(15)6-8-19(9-7-14)24(18,21)22/h1-5,12H,6-10H2,(H2,18,21,22). The molecule has 3 rings (SSSR count). The van der Waals surface area contributed by atoms with Crippen LogP contribution in [0.25, 0.3) is 0 Å². The van der Waals surface area contributed by atoms with Crippen LogP contribution in [0.2, 0.25) is 0 Å². The predicted molar refractivity (Wildman–Crippen MR) is 81.0 cm³/mol. The van der Waals surface area contributed by atoms with Gasteiger partial charge < -0.3 is 4.74 Å². The molecule has 1 aliphatic heterocycles. The first-order valence-corrected chi connectivity index (χ1v) is 9.05. The summed E-state index contributed by atoms with van der Waals surface area (Å²) >= 11 is 0. The lowest BCUT2D eigenvalue weighted by atomic mass is 9.91. The summed E-state index contributed by atoms with van der Waals surface area (Å²) in [6.07, 6.45) is -0.219. The Labute approximate surface area is 138 Å². The van der Waals surface area contributed by atoms with Crippen LogP contribution < -0.4 is 5.14 Å². The van der Waals surface area contributed by atoms with Gasteiger partial charge in [-0.05, 0) is 18.4 Å². The Morgan fingerprint density at radius 2 is 1.83 bits per heavy atom. The fraction of sp³-hybridized carbons (Fsp3) is 0.533. The predicted octanol–water partition coefficient (Wildman–Crippen LogP) is 1.28. The third kappa shape index (κ3) is 2.80. The topological polar surface area (TPSA) is 89.7 Å². The molecule has 1 unspecified atom stereocenters. The zero-order valence-electron chi connectivity index (χ0n) is 12.8. The number of piperidine rings is 1. The van der Waals surface area contributed by atoms with Crippen molar-refractivity contribution in [3.8, 4) is 0 Å². The van der Waals surface area contributed by atoms with E-state index >= 15 is 0 Å². The van der Waals surface area contributed by atoms with E-state index < -0.39 is 33.4 Å². The molecule has 6 nitrogen and oxygen atoms in total. The Kier molecular flexibility index (Phi) is 4.13. The van der Waals surface area contributed by atoms with E-state index in [4.69, 9.17) is 9.88 Å². The van der Waals surface area contributed by atoms with Crippen molar-refractivity contribution in [1.82, 2.24) is 4.31 Å². The Morgan fingerprint density at radius 1 is 1.25 bits per heavy atom. The average Bonchev–Trinajstić information content (AvgIpc) is 2.99. The van der Waals surface area contributed by atoms with Crippen molar-refractivity contribution in [2.45, 2.75) is 25.4 Å². The van der Waals surface area contributed by atoms with Crippen molar-refractivity contribution < 1.29 is 26.7 Å². The molecule has 0 amide bonds. The van der Waals surface area contributed by atoms with Crippen molar-refractivity contribution in [2.24, 2.45) is 16.5 Å². The highest BCUT2D eigenvalue weighted by Crippen LogP contribution is 2.71. The van der Waals surface area contributed by atoms with Crippen molar-refractivity contribution in [3.63, 3.8) is 0 Å². The number of nitrogens with two attached hydrogens (primary N) is 1. The monoisotopic (exact) mass is 360 g/mol. The van der Waals surface area contributed by atoms with Crippen LogP contribution in [0.3, 0.4) is 0 Å². The van der Waals surface area contributed by atoms with Gasteiger partial charge in [0.2, 0.25) is 0 Å². The fourth-order valence-corrected chi connectivity index (χ4v) is 4.15. The average molecular weight is 360 g/mol. The second-order valence-electron chi connectivity index (χ2n) is 6.25. The number of benzene rings is 1. The van der Waals surface area contributed by atoms with Crippen LogP contribution in [0.1, 0.15) is 18.4 Å². The molecule has 132 valence electrons. The molecule has 1 saturated carbocycles. The molecule has 1 heterocycles. The van der Waals surface area contributed by atoms with Crippen LogP contribution >= 0.6 is 0 Å². The first kappa shape index (κ1) is 17.2. The van der Waals surface area contributed by atoms with E-state index in [2.05, 4.69) is 0 Å². The number of halogens is 2. The van der Waals surface area contributed by atoms with Crippen LogP contribution in [-0.4, -0.2) is 37.7 Å². The number of alkyl halides is 2. The molecule has 9 heteroatoms. The Morgan fingerprint density at radius 3 is 2.38 bits per heavy atom. The number of nitrogens with zero attached hydrogens (tertiary/aromatic N) is 1. The molecule has 0 bridgehead atoms. The summed E-state index contributed by atoms with van der Waals surface area (Å²) in [6, 6.07) is 8.80. The molecule has 24 heavy (non-hydrogen) atoms. The minimum absolute atomic E-state index is 0.0639. The minimum atomic E-state index is -3.90. The summed E-state index contributed by atoms with van der Waals surface area (Å²) in [5, 5.41) is 5.01. The number of carbonyl (C=O) groups excluding carboxylic acids is 1. The number of esters is 1. The maximum Gasteiger partial charge on any atom is 0.316 e. The molecule has 1 aliphatic carbocycles. The van der Waals surface area contributed by atoms with Gasteiger partial charge in [0.05, 0.1) is 5.41 Å². The molecule has 2 fully saturated rings. The number of hydrogen-bond donors (Lipinski definition) is 1. The molecule has 1 aromatic rings. The van der Waals surface area contributed by atoms with Gasteiger partial charge in [0.15, 0.2) is 0 Å². The summed E-state index contributed by atoms with van der Waals surface area (Å²) < 4.78 is 57.0. The van der Waals surface area contributed by atoms with Gasteiger partial charge in [0.1, 0.15) is 12.5 Å². The summed E-state index contributed by atoms with van der Waals surface area (Å²) in [6.45, 7) is -0.292. The summed E-state index contributed by atoms with van der Waals surface area (Å²) in [4.78, 5) is 12.1. The SMILES string of the molecule is NS(=O)(=O)N1CCC2(CC1)C(C(=O)OCc1ccccc1)C2(F)F. The summed E-state index contributed by atoms with van der Waals surface area (Å²) in [5.41, 5.74) is -0.796. The third-order valence-electron chi connectivity index (χ3n) is 4.93.